The van der Waals surface area contributed by atoms with Gasteiger partial charge in [-0.25, -0.2) is 22.6 Å². The number of benzene rings is 2. The molecule has 172 valence electrons. The van der Waals surface area contributed by atoms with E-state index < -0.39 is 10.0 Å². The van der Waals surface area contributed by atoms with Crippen LogP contribution in [0, 0.1) is 5.82 Å². The summed E-state index contributed by atoms with van der Waals surface area (Å²) in [6.45, 7) is 0.768. The zero-order valence-corrected chi connectivity index (χ0v) is 19.0. The Hall–Kier alpha value is -2.55. The summed E-state index contributed by atoms with van der Waals surface area (Å²) < 4.78 is 38.3. The second-order valence-corrected chi connectivity index (χ2v) is 9.55. The lowest BCUT2D eigenvalue weighted by Gasteiger charge is -2.08. The van der Waals surface area contributed by atoms with Crippen LogP contribution < -0.4 is 10.9 Å². The Morgan fingerprint density at radius 1 is 0.844 bits per heavy atom. The summed E-state index contributed by atoms with van der Waals surface area (Å²) in [5.41, 5.74) is 8.84. The van der Waals surface area contributed by atoms with Crippen molar-refractivity contribution in [3.8, 4) is 16.9 Å². The highest BCUT2D eigenvalue weighted by Crippen LogP contribution is 2.26. The minimum Gasteiger partial charge on any atom is -0.330 e. The van der Waals surface area contributed by atoms with Crippen molar-refractivity contribution < 1.29 is 12.8 Å². The van der Waals surface area contributed by atoms with Gasteiger partial charge >= 0.3 is 0 Å². The van der Waals surface area contributed by atoms with E-state index in [-0.39, 0.29) is 10.7 Å². The highest BCUT2D eigenvalue weighted by Gasteiger charge is 2.14. The summed E-state index contributed by atoms with van der Waals surface area (Å²) in [4.78, 5) is 0.0448. The second-order valence-electron chi connectivity index (χ2n) is 7.99. The van der Waals surface area contributed by atoms with Gasteiger partial charge in [-0.05, 0) is 80.4 Å². The van der Waals surface area contributed by atoms with E-state index in [9.17, 15) is 12.8 Å². The van der Waals surface area contributed by atoms with Gasteiger partial charge in [0.05, 0.1) is 22.0 Å². The fourth-order valence-corrected chi connectivity index (χ4v) is 4.20. The number of primary sulfonamides is 1. The smallest absolute Gasteiger partial charge is 0.238 e. The predicted octanol–water partition coefficient (Wildman–Crippen LogP) is 4.56. The number of nitrogens with two attached hydrogens (primary N) is 2. The summed E-state index contributed by atoms with van der Waals surface area (Å²) in [6.07, 6.45) is 8.99. The zero-order chi connectivity index (χ0) is 23.0. The van der Waals surface area contributed by atoms with Crippen LogP contribution in [0.1, 0.15) is 50.6 Å². The first kappa shape index (κ1) is 24.1. The van der Waals surface area contributed by atoms with Crippen LogP contribution in [0.5, 0.6) is 0 Å². The Balaban J connectivity index is 1.75. The normalized spacial score (nSPS) is 11.7. The largest absolute Gasteiger partial charge is 0.330 e. The van der Waals surface area contributed by atoms with E-state index in [0.717, 1.165) is 49.2 Å². The average molecular weight is 459 g/mol. The van der Waals surface area contributed by atoms with Gasteiger partial charge in [-0.1, -0.05) is 32.1 Å². The summed E-state index contributed by atoms with van der Waals surface area (Å²) in [5, 5.41) is 9.96. The van der Waals surface area contributed by atoms with Crippen LogP contribution in [0.3, 0.4) is 0 Å². The first-order valence-corrected chi connectivity index (χ1v) is 12.6. The van der Waals surface area contributed by atoms with E-state index in [4.69, 9.17) is 16.0 Å². The molecule has 6 nitrogen and oxygen atoms in total. The Labute approximate surface area is 189 Å². The molecule has 0 saturated carbocycles. The molecule has 1 heterocycles. The molecule has 8 heteroatoms. The molecule has 2 aromatic carbocycles. The van der Waals surface area contributed by atoms with Crippen LogP contribution >= 0.6 is 0 Å². The Morgan fingerprint density at radius 3 is 2.03 bits per heavy atom. The number of nitrogens with zero attached hydrogens (tertiary/aromatic N) is 2. The molecule has 0 bridgehead atoms. The van der Waals surface area contributed by atoms with Crippen molar-refractivity contribution >= 4 is 10.0 Å². The minimum atomic E-state index is -3.77. The van der Waals surface area contributed by atoms with Crippen molar-refractivity contribution in [3.63, 3.8) is 0 Å². The fourth-order valence-electron chi connectivity index (χ4n) is 3.69. The van der Waals surface area contributed by atoms with Gasteiger partial charge < -0.3 is 5.73 Å². The average Bonchev–Trinajstić information content (AvgIpc) is 3.20. The van der Waals surface area contributed by atoms with Gasteiger partial charge in [-0.2, -0.15) is 5.10 Å². The maximum Gasteiger partial charge on any atom is 0.238 e. The van der Waals surface area contributed by atoms with Crippen LogP contribution in [-0.2, 0) is 16.4 Å². The maximum atomic E-state index is 13.4. The fraction of sp³-hybridized carbons (Fsp3) is 0.375. The molecule has 0 atom stereocenters. The van der Waals surface area contributed by atoms with Crippen LogP contribution in [0.25, 0.3) is 16.9 Å². The molecule has 0 fully saturated rings. The van der Waals surface area contributed by atoms with Gasteiger partial charge in [-0.3, -0.25) is 0 Å². The molecule has 0 spiro atoms. The highest BCUT2D eigenvalue weighted by atomic mass is 32.2. The summed E-state index contributed by atoms with van der Waals surface area (Å²) in [7, 11) is -3.77. The molecular weight excluding hydrogens is 427 g/mol. The quantitative estimate of drug-likeness (QED) is 0.388. The summed E-state index contributed by atoms with van der Waals surface area (Å²) in [5.74, 6) is -0.302. The molecule has 0 aliphatic rings. The Morgan fingerprint density at radius 2 is 1.44 bits per heavy atom. The third-order valence-corrected chi connectivity index (χ3v) is 6.38. The lowest BCUT2D eigenvalue weighted by molar-refractivity contribution is 0.579. The zero-order valence-electron chi connectivity index (χ0n) is 18.2. The first-order chi connectivity index (χ1) is 15.4. The topological polar surface area (TPSA) is 104 Å². The highest BCUT2D eigenvalue weighted by molar-refractivity contribution is 7.89. The van der Waals surface area contributed by atoms with Crippen LogP contribution in [0.2, 0.25) is 0 Å². The Bertz CT molecular complexity index is 1090. The second kappa shape index (κ2) is 11.4. The molecule has 0 aliphatic heterocycles. The minimum absolute atomic E-state index is 0.0448. The van der Waals surface area contributed by atoms with Gasteiger partial charge in [0, 0.05) is 5.56 Å². The summed E-state index contributed by atoms with van der Waals surface area (Å²) in [6, 6.07) is 14.6. The summed E-state index contributed by atoms with van der Waals surface area (Å²) >= 11 is 0. The number of aromatic nitrogens is 2. The monoisotopic (exact) mass is 458 g/mol. The van der Waals surface area contributed by atoms with Gasteiger partial charge in [0.1, 0.15) is 5.82 Å². The van der Waals surface area contributed by atoms with E-state index in [1.165, 1.54) is 49.9 Å². The maximum absolute atomic E-state index is 13.4. The number of hydrogen-bond donors (Lipinski definition) is 2. The molecule has 0 radical (unpaired) electrons. The molecule has 32 heavy (non-hydrogen) atoms. The van der Waals surface area contributed by atoms with Crippen LogP contribution in [0.15, 0.2) is 59.5 Å². The third kappa shape index (κ3) is 6.72. The molecule has 3 rings (SSSR count). The number of halogens is 1. The van der Waals surface area contributed by atoms with E-state index in [2.05, 4.69) is 0 Å². The molecule has 3 aromatic rings. The van der Waals surface area contributed by atoms with E-state index in [1.807, 2.05) is 6.07 Å². The predicted molar refractivity (Wildman–Crippen MR) is 125 cm³/mol. The standard InChI is InChI=1S/C24H31FN4O2S/c25-20-11-9-19(10-12-20)24-18-21(8-6-4-2-1-3-5-7-17-26)28-29(24)22-13-15-23(16-14-22)32(27,30)31/h9-16,18H,1-8,17,26H2,(H2,27,30,31). The van der Waals surface area contributed by atoms with E-state index in [1.54, 1.807) is 28.9 Å². The van der Waals surface area contributed by atoms with Crippen molar-refractivity contribution in [3.05, 3.63) is 66.1 Å². The number of hydrogen-bond acceptors (Lipinski definition) is 4. The van der Waals surface area contributed by atoms with Crippen molar-refractivity contribution in [2.24, 2.45) is 10.9 Å². The van der Waals surface area contributed by atoms with Gasteiger partial charge in [0.2, 0.25) is 10.0 Å². The molecule has 0 unspecified atom stereocenters. The Kier molecular flexibility index (Phi) is 8.55. The SMILES string of the molecule is NCCCCCCCCCc1cc(-c2ccc(F)cc2)n(-c2ccc(S(N)(=O)=O)cc2)n1. The number of sulfonamides is 1. The van der Waals surface area contributed by atoms with Crippen molar-refractivity contribution in [2.45, 2.75) is 56.3 Å². The van der Waals surface area contributed by atoms with Crippen molar-refractivity contribution in [2.75, 3.05) is 6.54 Å². The molecule has 0 aliphatic carbocycles. The molecular formula is C24H31FN4O2S. The molecule has 0 amide bonds. The van der Waals surface area contributed by atoms with Crippen LogP contribution in [-0.4, -0.2) is 24.7 Å². The van der Waals surface area contributed by atoms with Crippen molar-refractivity contribution in [1.82, 2.24) is 9.78 Å². The van der Waals surface area contributed by atoms with E-state index >= 15 is 0 Å². The number of rotatable bonds is 12. The lowest BCUT2D eigenvalue weighted by Crippen LogP contribution is -2.12. The molecule has 4 N–H and O–H groups in total. The van der Waals surface area contributed by atoms with E-state index in [0.29, 0.717) is 5.69 Å². The van der Waals surface area contributed by atoms with Gasteiger partial charge in [-0.15, -0.1) is 0 Å². The number of aryl methyl sites for hydroxylation is 1. The first-order valence-electron chi connectivity index (χ1n) is 11.1. The molecule has 0 saturated heterocycles. The van der Waals surface area contributed by atoms with Crippen LogP contribution in [0.4, 0.5) is 4.39 Å². The third-order valence-electron chi connectivity index (χ3n) is 5.45. The molecule has 1 aromatic heterocycles. The number of unbranched alkanes of at least 4 members (excludes halogenated alkanes) is 6. The lowest BCUT2D eigenvalue weighted by atomic mass is 10.1. The van der Waals surface area contributed by atoms with Gasteiger partial charge in [0.15, 0.2) is 0 Å². The van der Waals surface area contributed by atoms with Gasteiger partial charge in [0.25, 0.3) is 0 Å². The van der Waals surface area contributed by atoms with Crippen molar-refractivity contribution in [1.29, 1.82) is 0 Å².